The van der Waals surface area contributed by atoms with Gasteiger partial charge in [0, 0.05) is 17.8 Å². The number of nitrogens with one attached hydrogen (secondary N) is 1. The third kappa shape index (κ3) is 2.60. The highest BCUT2D eigenvalue weighted by molar-refractivity contribution is 7.13. The van der Waals surface area contributed by atoms with E-state index in [1.54, 1.807) is 17.5 Å². The van der Waals surface area contributed by atoms with Gasteiger partial charge in [-0.25, -0.2) is 15.0 Å². The summed E-state index contributed by atoms with van der Waals surface area (Å²) in [7, 11) is 0. The minimum Gasteiger partial charge on any atom is -0.328 e. The van der Waals surface area contributed by atoms with E-state index >= 15 is 0 Å². The van der Waals surface area contributed by atoms with E-state index < -0.39 is 0 Å². The molecule has 0 saturated carbocycles. The molecule has 0 aliphatic heterocycles. The molecule has 0 aliphatic carbocycles. The van der Waals surface area contributed by atoms with Crippen LogP contribution in [0.5, 0.6) is 0 Å². The number of thiazole rings is 1. The minimum atomic E-state index is 0.735. The molecule has 1 N–H and O–H groups in total. The van der Waals surface area contributed by atoms with E-state index in [1.807, 2.05) is 29.1 Å². The molecule has 0 bridgehead atoms. The standard InChI is InChI=1S/C15H14N6S2/c1-3-10-6-12(23-20-10)19-13-14-17-7-11(15-16-4-5-22-15)21(14)8-9(2)18-13/h4-8H,3H2,1-2H3,(H,18,19). The predicted octanol–water partition coefficient (Wildman–Crippen LogP) is 3.92. The van der Waals surface area contributed by atoms with Crippen LogP contribution in [0.1, 0.15) is 18.3 Å². The molecule has 0 radical (unpaired) electrons. The molecule has 116 valence electrons. The highest BCUT2D eigenvalue weighted by Crippen LogP contribution is 2.28. The van der Waals surface area contributed by atoms with Crippen molar-refractivity contribution in [3.05, 3.63) is 41.4 Å². The van der Waals surface area contributed by atoms with Crippen molar-refractivity contribution in [1.82, 2.24) is 23.7 Å². The lowest BCUT2D eigenvalue weighted by Crippen LogP contribution is -2.00. The summed E-state index contributed by atoms with van der Waals surface area (Å²) in [4.78, 5) is 13.5. The second-order valence-electron chi connectivity index (χ2n) is 5.07. The average Bonchev–Trinajstić information content (AvgIpc) is 3.26. The molecule has 0 fully saturated rings. The lowest BCUT2D eigenvalue weighted by Gasteiger charge is -2.07. The number of hydrogen-bond donors (Lipinski definition) is 1. The van der Waals surface area contributed by atoms with Gasteiger partial charge in [0.05, 0.1) is 17.6 Å². The van der Waals surface area contributed by atoms with Crippen LogP contribution < -0.4 is 5.32 Å². The largest absolute Gasteiger partial charge is 0.328 e. The Morgan fingerprint density at radius 1 is 1.30 bits per heavy atom. The van der Waals surface area contributed by atoms with E-state index in [9.17, 15) is 0 Å². The number of hydrogen-bond acceptors (Lipinski definition) is 7. The molecule has 0 spiro atoms. The number of aromatic nitrogens is 5. The van der Waals surface area contributed by atoms with Crippen LogP contribution in [0.15, 0.2) is 30.0 Å². The second kappa shape index (κ2) is 5.71. The van der Waals surface area contributed by atoms with Crippen LogP contribution in [0.4, 0.5) is 10.8 Å². The summed E-state index contributed by atoms with van der Waals surface area (Å²) >= 11 is 3.04. The van der Waals surface area contributed by atoms with Gasteiger partial charge in [0.2, 0.25) is 0 Å². The normalized spacial score (nSPS) is 11.2. The molecule has 0 aromatic carbocycles. The molecule has 4 aromatic heterocycles. The van der Waals surface area contributed by atoms with Crippen LogP contribution in [-0.2, 0) is 6.42 Å². The van der Waals surface area contributed by atoms with E-state index in [0.717, 1.165) is 45.0 Å². The fourth-order valence-electron chi connectivity index (χ4n) is 2.35. The molecule has 0 aliphatic rings. The topological polar surface area (TPSA) is 68.0 Å². The van der Waals surface area contributed by atoms with Crippen molar-refractivity contribution in [2.75, 3.05) is 5.32 Å². The van der Waals surface area contributed by atoms with E-state index in [-0.39, 0.29) is 0 Å². The van der Waals surface area contributed by atoms with Gasteiger partial charge < -0.3 is 5.32 Å². The molecular formula is C15H14N6S2. The van der Waals surface area contributed by atoms with Crippen molar-refractivity contribution < 1.29 is 0 Å². The smallest absolute Gasteiger partial charge is 0.181 e. The highest BCUT2D eigenvalue weighted by Gasteiger charge is 2.14. The zero-order valence-corrected chi connectivity index (χ0v) is 14.3. The third-order valence-corrected chi connectivity index (χ3v) is 4.96. The maximum absolute atomic E-state index is 4.59. The Kier molecular flexibility index (Phi) is 3.55. The summed E-state index contributed by atoms with van der Waals surface area (Å²) < 4.78 is 6.43. The lowest BCUT2D eigenvalue weighted by atomic mass is 10.3. The molecule has 8 heteroatoms. The minimum absolute atomic E-state index is 0.735. The van der Waals surface area contributed by atoms with Gasteiger partial charge in [-0.3, -0.25) is 4.40 Å². The first-order chi connectivity index (χ1) is 11.2. The Morgan fingerprint density at radius 3 is 2.96 bits per heavy atom. The SMILES string of the molecule is CCc1cc(Nc2nc(C)cn3c(-c4nccs4)cnc23)sn1. The lowest BCUT2D eigenvalue weighted by molar-refractivity contribution is 1.07. The highest BCUT2D eigenvalue weighted by atomic mass is 32.1. The average molecular weight is 342 g/mol. The Bertz CT molecular complexity index is 954. The van der Waals surface area contributed by atoms with Crippen LogP contribution >= 0.6 is 22.9 Å². The molecule has 4 rings (SSSR count). The second-order valence-corrected chi connectivity index (χ2v) is 6.77. The van der Waals surface area contributed by atoms with Gasteiger partial charge in [0.25, 0.3) is 0 Å². The molecule has 0 amide bonds. The van der Waals surface area contributed by atoms with Gasteiger partial charge in [-0.2, -0.15) is 4.37 Å². The summed E-state index contributed by atoms with van der Waals surface area (Å²) in [6.07, 6.45) is 6.54. The van der Waals surface area contributed by atoms with Gasteiger partial charge in [-0.1, -0.05) is 6.92 Å². The third-order valence-electron chi connectivity index (χ3n) is 3.43. The van der Waals surface area contributed by atoms with Gasteiger partial charge in [0.15, 0.2) is 11.5 Å². The fraction of sp³-hybridized carbons (Fsp3) is 0.200. The van der Waals surface area contributed by atoms with Crippen LogP contribution in [0.2, 0.25) is 0 Å². The van der Waals surface area contributed by atoms with Crippen LogP contribution in [-0.4, -0.2) is 23.7 Å². The first kappa shape index (κ1) is 14.3. The van der Waals surface area contributed by atoms with Crippen LogP contribution in [0, 0.1) is 6.92 Å². The van der Waals surface area contributed by atoms with E-state index in [1.165, 1.54) is 11.5 Å². The molecule has 0 unspecified atom stereocenters. The number of nitrogens with zero attached hydrogens (tertiary/aromatic N) is 5. The van der Waals surface area contributed by atoms with Crippen molar-refractivity contribution in [2.24, 2.45) is 0 Å². The number of anilines is 2. The number of rotatable bonds is 4. The number of fused-ring (bicyclic) bond motifs is 1. The number of imidazole rings is 1. The Labute approximate surface area is 141 Å². The molecule has 23 heavy (non-hydrogen) atoms. The predicted molar refractivity (Wildman–Crippen MR) is 93.6 cm³/mol. The van der Waals surface area contributed by atoms with Crippen molar-refractivity contribution in [3.63, 3.8) is 0 Å². The van der Waals surface area contributed by atoms with E-state index in [0.29, 0.717) is 0 Å². The van der Waals surface area contributed by atoms with E-state index in [2.05, 4.69) is 37.6 Å². The van der Waals surface area contributed by atoms with Gasteiger partial charge >= 0.3 is 0 Å². The molecule has 6 nitrogen and oxygen atoms in total. The van der Waals surface area contributed by atoms with Crippen molar-refractivity contribution in [3.8, 4) is 10.7 Å². The Balaban J connectivity index is 1.80. The van der Waals surface area contributed by atoms with Crippen molar-refractivity contribution in [1.29, 1.82) is 0 Å². The molecule has 0 saturated heterocycles. The molecule has 4 heterocycles. The first-order valence-corrected chi connectivity index (χ1v) is 8.87. The summed E-state index contributed by atoms with van der Waals surface area (Å²) in [5.41, 5.74) is 3.75. The maximum atomic E-state index is 4.59. The van der Waals surface area contributed by atoms with Crippen molar-refractivity contribution in [2.45, 2.75) is 20.3 Å². The Morgan fingerprint density at radius 2 is 2.22 bits per heavy atom. The van der Waals surface area contributed by atoms with Crippen LogP contribution in [0.3, 0.4) is 0 Å². The summed E-state index contributed by atoms with van der Waals surface area (Å²) in [5, 5.41) is 7.23. The number of aryl methyl sites for hydroxylation is 2. The zero-order valence-electron chi connectivity index (χ0n) is 12.6. The van der Waals surface area contributed by atoms with Crippen molar-refractivity contribution >= 4 is 39.3 Å². The van der Waals surface area contributed by atoms with Gasteiger partial charge in [-0.15, -0.1) is 11.3 Å². The molecular weight excluding hydrogens is 328 g/mol. The zero-order chi connectivity index (χ0) is 15.8. The monoisotopic (exact) mass is 342 g/mol. The maximum Gasteiger partial charge on any atom is 0.181 e. The fourth-order valence-corrected chi connectivity index (χ4v) is 3.73. The van der Waals surface area contributed by atoms with Gasteiger partial charge in [0.1, 0.15) is 15.7 Å². The molecule has 4 aromatic rings. The van der Waals surface area contributed by atoms with Crippen LogP contribution in [0.25, 0.3) is 16.3 Å². The first-order valence-electron chi connectivity index (χ1n) is 7.22. The summed E-state index contributed by atoms with van der Waals surface area (Å²) in [5.74, 6) is 0.735. The quantitative estimate of drug-likeness (QED) is 0.609. The summed E-state index contributed by atoms with van der Waals surface area (Å²) in [6.45, 7) is 4.07. The molecule has 0 atom stereocenters. The van der Waals surface area contributed by atoms with Gasteiger partial charge in [-0.05, 0) is 30.9 Å². The Hall–Kier alpha value is -2.32. The van der Waals surface area contributed by atoms with E-state index in [4.69, 9.17) is 0 Å². The summed E-state index contributed by atoms with van der Waals surface area (Å²) in [6, 6.07) is 2.05.